The van der Waals surface area contributed by atoms with Crippen LogP contribution in [0.4, 0.5) is 0 Å². The van der Waals surface area contributed by atoms with E-state index in [9.17, 15) is 9.59 Å². The minimum atomic E-state index is -0.363. The molecule has 4 heteroatoms. The number of hydrogen-bond acceptors (Lipinski definition) is 4. The molecule has 2 aromatic carbocycles. The largest absolute Gasteiger partial charge is 0.459 e. The van der Waals surface area contributed by atoms with Crippen LogP contribution in [-0.4, -0.2) is 24.1 Å². The summed E-state index contributed by atoms with van der Waals surface area (Å²) in [6, 6.07) is 17.8. The van der Waals surface area contributed by atoms with Gasteiger partial charge in [-0.3, -0.25) is 0 Å². The van der Waals surface area contributed by atoms with Gasteiger partial charge in [-0.2, -0.15) is 0 Å². The van der Waals surface area contributed by atoms with Crippen LogP contribution in [0.5, 0.6) is 0 Å². The van der Waals surface area contributed by atoms with Gasteiger partial charge >= 0.3 is 11.9 Å². The number of hydrogen-bond donors (Lipinski definition) is 0. The maximum Gasteiger partial charge on any atom is 0.338 e. The summed E-state index contributed by atoms with van der Waals surface area (Å²) in [4.78, 5) is 24.3. The van der Waals surface area contributed by atoms with E-state index < -0.39 is 0 Å². The molecule has 4 nitrogen and oxygen atoms in total. The Hall–Kier alpha value is -2.88. The van der Waals surface area contributed by atoms with Gasteiger partial charge in [-0.15, -0.1) is 6.58 Å². The van der Waals surface area contributed by atoms with Gasteiger partial charge < -0.3 is 9.47 Å². The maximum atomic E-state index is 12.2. The number of rotatable bonds is 15. The van der Waals surface area contributed by atoms with Crippen LogP contribution in [0.2, 0.25) is 0 Å². The molecule has 3 unspecified atom stereocenters. The number of carbonyl (C=O) groups is 2. The minimum Gasteiger partial charge on any atom is -0.459 e. The van der Waals surface area contributed by atoms with Crippen LogP contribution in [0, 0.1) is 5.92 Å². The minimum absolute atomic E-state index is 0.281. The highest BCUT2D eigenvalue weighted by Crippen LogP contribution is 2.19. The van der Waals surface area contributed by atoms with E-state index in [-0.39, 0.29) is 24.1 Å². The molecule has 0 aromatic heterocycles. The molecule has 0 saturated carbocycles. The normalized spacial score (nSPS) is 12.9. The molecule has 3 atom stereocenters. The molecule has 36 heavy (non-hydrogen) atoms. The van der Waals surface area contributed by atoms with Gasteiger partial charge in [0.15, 0.2) is 0 Å². The number of benzene rings is 2. The summed E-state index contributed by atoms with van der Waals surface area (Å²) in [5.74, 6) is 0.204. The number of carbonyl (C=O) groups excluding carboxylic acids is 2. The molecule has 0 amide bonds. The van der Waals surface area contributed by atoms with Crippen molar-refractivity contribution in [3.8, 4) is 0 Å². The van der Waals surface area contributed by atoms with Gasteiger partial charge in [-0.1, -0.05) is 102 Å². The van der Waals surface area contributed by atoms with Gasteiger partial charge in [-0.05, 0) is 49.9 Å². The SMILES string of the molecule is C=CCC(CCC)CCCC.CCCC(CC(C)OC(=O)c1ccccc1)OC(=O)c1ccccc1. The molecule has 0 radical (unpaired) electrons. The second-order valence-electron chi connectivity index (χ2n) is 9.32. The third-order valence-corrected chi connectivity index (χ3v) is 5.97. The molecule has 0 fully saturated rings. The van der Waals surface area contributed by atoms with Crippen LogP contribution in [0.15, 0.2) is 73.3 Å². The highest BCUT2D eigenvalue weighted by Gasteiger charge is 2.21. The zero-order valence-corrected chi connectivity index (χ0v) is 22.8. The summed E-state index contributed by atoms with van der Waals surface area (Å²) in [6.07, 6.45) is 11.6. The first-order valence-corrected chi connectivity index (χ1v) is 13.6. The van der Waals surface area contributed by atoms with Crippen molar-refractivity contribution in [1.82, 2.24) is 0 Å². The fourth-order valence-corrected chi connectivity index (χ4v) is 4.10. The van der Waals surface area contributed by atoms with Crippen molar-refractivity contribution in [2.75, 3.05) is 0 Å². The van der Waals surface area contributed by atoms with E-state index in [0.29, 0.717) is 17.5 Å². The first-order chi connectivity index (χ1) is 17.4. The fourth-order valence-electron chi connectivity index (χ4n) is 4.10. The third-order valence-electron chi connectivity index (χ3n) is 5.97. The van der Waals surface area contributed by atoms with Gasteiger partial charge in [0.2, 0.25) is 0 Å². The van der Waals surface area contributed by atoms with E-state index >= 15 is 0 Å². The van der Waals surface area contributed by atoms with E-state index in [1.807, 2.05) is 26.0 Å². The number of unbranched alkanes of at least 4 members (excludes halogenated alkanes) is 1. The Kier molecular flexibility index (Phi) is 16.7. The molecule has 0 N–H and O–H groups in total. The van der Waals surface area contributed by atoms with Crippen molar-refractivity contribution in [3.63, 3.8) is 0 Å². The van der Waals surface area contributed by atoms with Crippen LogP contribution in [0.25, 0.3) is 0 Å². The molecule has 0 spiro atoms. The zero-order chi connectivity index (χ0) is 26.6. The van der Waals surface area contributed by atoms with Gasteiger partial charge in [0.25, 0.3) is 0 Å². The van der Waals surface area contributed by atoms with Crippen molar-refractivity contribution < 1.29 is 19.1 Å². The molecule has 0 saturated heterocycles. The van der Waals surface area contributed by atoms with E-state index in [1.54, 1.807) is 48.5 Å². The van der Waals surface area contributed by atoms with E-state index in [4.69, 9.17) is 9.47 Å². The molecule has 2 rings (SSSR count). The second-order valence-corrected chi connectivity index (χ2v) is 9.32. The molecule has 0 aliphatic heterocycles. The van der Waals surface area contributed by atoms with Gasteiger partial charge in [0.05, 0.1) is 11.1 Å². The van der Waals surface area contributed by atoms with Crippen LogP contribution in [0.1, 0.15) is 106 Å². The maximum absolute atomic E-state index is 12.2. The first-order valence-electron chi connectivity index (χ1n) is 13.6. The molecule has 0 heterocycles. The smallest absolute Gasteiger partial charge is 0.338 e. The van der Waals surface area contributed by atoms with Crippen molar-refractivity contribution in [2.24, 2.45) is 5.92 Å². The second kappa shape index (κ2) is 19.3. The highest BCUT2D eigenvalue weighted by atomic mass is 16.6. The average Bonchev–Trinajstić information content (AvgIpc) is 2.89. The Morgan fingerprint density at radius 1 is 0.778 bits per heavy atom. The molecule has 198 valence electrons. The van der Waals surface area contributed by atoms with Crippen molar-refractivity contribution in [3.05, 3.63) is 84.4 Å². The fraction of sp³-hybridized carbons (Fsp3) is 0.500. The molecule has 0 aliphatic carbocycles. The Bertz CT molecular complexity index is 847. The Morgan fingerprint density at radius 2 is 1.31 bits per heavy atom. The third kappa shape index (κ3) is 13.3. The average molecular weight is 495 g/mol. The lowest BCUT2D eigenvalue weighted by atomic mass is 9.94. The summed E-state index contributed by atoms with van der Waals surface area (Å²) < 4.78 is 11.1. The van der Waals surface area contributed by atoms with E-state index in [0.717, 1.165) is 18.8 Å². The summed E-state index contributed by atoms with van der Waals surface area (Å²) in [5, 5.41) is 0. The lowest BCUT2D eigenvalue weighted by Crippen LogP contribution is -2.25. The van der Waals surface area contributed by atoms with Crippen LogP contribution < -0.4 is 0 Å². The van der Waals surface area contributed by atoms with Gasteiger partial charge in [0, 0.05) is 6.42 Å². The summed E-state index contributed by atoms with van der Waals surface area (Å²) in [5.41, 5.74) is 1.04. The van der Waals surface area contributed by atoms with Gasteiger partial charge in [0.1, 0.15) is 12.2 Å². The molecular formula is C32H46O4. The summed E-state index contributed by atoms with van der Waals surface area (Å²) in [7, 11) is 0. The first kappa shape index (κ1) is 31.2. The number of ether oxygens (including phenoxy) is 2. The number of allylic oxidation sites excluding steroid dienone is 1. The van der Waals surface area contributed by atoms with Crippen LogP contribution in [-0.2, 0) is 9.47 Å². The monoisotopic (exact) mass is 494 g/mol. The highest BCUT2D eigenvalue weighted by molar-refractivity contribution is 5.90. The summed E-state index contributed by atoms with van der Waals surface area (Å²) in [6.45, 7) is 12.2. The predicted octanol–water partition coefficient (Wildman–Crippen LogP) is 8.82. The Labute approximate surface area is 219 Å². The Morgan fingerprint density at radius 3 is 1.78 bits per heavy atom. The molecular weight excluding hydrogens is 448 g/mol. The summed E-state index contributed by atoms with van der Waals surface area (Å²) >= 11 is 0. The topological polar surface area (TPSA) is 52.6 Å². The van der Waals surface area contributed by atoms with Crippen molar-refractivity contribution in [2.45, 2.75) is 97.7 Å². The van der Waals surface area contributed by atoms with Crippen LogP contribution >= 0.6 is 0 Å². The molecule has 0 aliphatic rings. The van der Waals surface area contributed by atoms with E-state index in [2.05, 4.69) is 26.5 Å². The molecule has 2 aromatic rings. The zero-order valence-electron chi connectivity index (χ0n) is 22.8. The molecule has 0 bridgehead atoms. The lowest BCUT2D eigenvalue weighted by molar-refractivity contribution is 0.00162. The standard InChI is InChI=1S/C21H24O4.C11H22/c1-3-10-19(25-21(23)18-13-8-5-9-14-18)15-16(2)24-20(22)17-11-6-4-7-12-17;1-4-7-10-11(8-5-2)9-6-3/h4-9,11-14,16,19H,3,10,15H2,1-2H3;5,11H,2,4,6-10H2,1,3H3. The van der Waals surface area contributed by atoms with E-state index in [1.165, 1.54) is 38.5 Å². The predicted molar refractivity (Wildman–Crippen MR) is 149 cm³/mol. The van der Waals surface area contributed by atoms with Gasteiger partial charge in [-0.25, -0.2) is 9.59 Å². The van der Waals surface area contributed by atoms with Crippen LogP contribution in [0.3, 0.4) is 0 Å². The van der Waals surface area contributed by atoms with Crippen molar-refractivity contribution in [1.29, 1.82) is 0 Å². The Balaban J connectivity index is 0.000000497. The number of esters is 2. The van der Waals surface area contributed by atoms with Crippen molar-refractivity contribution >= 4 is 11.9 Å². The lowest BCUT2D eigenvalue weighted by Gasteiger charge is -2.21. The quantitative estimate of drug-likeness (QED) is 0.183.